The number of ether oxygens (including phenoxy) is 3. The van der Waals surface area contributed by atoms with E-state index in [1.54, 1.807) is 18.2 Å². The number of carbonyl (C=O) groups excluding carboxylic acids is 1. The molecule has 0 fully saturated rings. The minimum Gasteiger partial charge on any atom is -0.493 e. The lowest BCUT2D eigenvalue weighted by atomic mass is 10.1. The molecule has 0 aromatic heterocycles. The van der Waals surface area contributed by atoms with Gasteiger partial charge in [0, 0.05) is 12.0 Å². The molecule has 0 spiro atoms. The van der Waals surface area contributed by atoms with Crippen LogP contribution < -0.4 is 9.47 Å². The molecule has 0 aliphatic heterocycles. The molecular formula is C19H19F3O4. The van der Waals surface area contributed by atoms with Crippen LogP contribution >= 0.6 is 0 Å². The summed E-state index contributed by atoms with van der Waals surface area (Å²) in [4.78, 5) is 11.9. The zero-order chi connectivity index (χ0) is 19.2. The summed E-state index contributed by atoms with van der Waals surface area (Å²) < 4.78 is 54.3. The van der Waals surface area contributed by atoms with Crippen LogP contribution in [-0.2, 0) is 28.7 Å². The zero-order valence-corrected chi connectivity index (χ0v) is 14.4. The fourth-order valence-electron chi connectivity index (χ4n) is 2.54. The van der Waals surface area contributed by atoms with Gasteiger partial charge in [-0.25, -0.2) is 0 Å². The minimum atomic E-state index is -4.49. The van der Waals surface area contributed by atoms with Crippen LogP contribution in [0.5, 0.6) is 11.5 Å². The molecule has 26 heavy (non-hydrogen) atoms. The number of hydrogen-bond donors (Lipinski definition) is 0. The van der Waals surface area contributed by atoms with Gasteiger partial charge in [0.1, 0.15) is 6.61 Å². The third-order valence-electron chi connectivity index (χ3n) is 3.79. The van der Waals surface area contributed by atoms with Gasteiger partial charge in [-0.3, -0.25) is 4.79 Å². The molecule has 0 bridgehead atoms. The molecule has 4 nitrogen and oxygen atoms in total. The SMILES string of the molecule is COc1cccc(CCC(=O)OCc2ccccc2C(F)(F)F)c1OC. The predicted molar refractivity (Wildman–Crippen MR) is 89.1 cm³/mol. The molecule has 0 aliphatic carbocycles. The Hall–Kier alpha value is -2.70. The van der Waals surface area contributed by atoms with E-state index in [9.17, 15) is 18.0 Å². The smallest absolute Gasteiger partial charge is 0.416 e. The van der Waals surface area contributed by atoms with Crippen LogP contribution in [0.15, 0.2) is 42.5 Å². The average molecular weight is 368 g/mol. The molecule has 2 rings (SSSR count). The van der Waals surface area contributed by atoms with Gasteiger partial charge in [-0.2, -0.15) is 13.2 Å². The van der Waals surface area contributed by atoms with E-state index in [1.165, 1.54) is 32.4 Å². The Morgan fingerprint density at radius 3 is 2.31 bits per heavy atom. The third kappa shape index (κ3) is 4.91. The molecular weight excluding hydrogens is 349 g/mol. The maximum atomic E-state index is 12.9. The highest BCUT2D eigenvalue weighted by molar-refractivity contribution is 5.70. The second-order valence-electron chi connectivity index (χ2n) is 5.47. The van der Waals surface area contributed by atoms with E-state index in [0.717, 1.165) is 11.6 Å². The summed E-state index contributed by atoms with van der Waals surface area (Å²) in [6, 6.07) is 10.3. The van der Waals surface area contributed by atoms with Gasteiger partial charge in [-0.1, -0.05) is 30.3 Å². The number of carbonyl (C=O) groups is 1. The van der Waals surface area contributed by atoms with E-state index in [0.29, 0.717) is 17.9 Å². The van der Waals surface area contributed by atoms with Crippen LogP contribution in [0.2, 0.25) is 0 Å². The number of benzene rings is 2. The average Bonchev–Trinajstić information content (AvgIpc) is 2.63. The first kappa shape index (κ1) is 19.6. The topological polar surface area (TPSA) is 44.8 Å². The lowest BCUT2D eigenvalue weighted by Gasteiger charge is -2.14. The second kappa shape index (κ2) is 8.60. The zero-order valence-electron chi connectivity index (χ0n) is 14.4. The molecule has 2 aromatic carbocycles. The summed E-state index contributed by atoms with van der Waals surface area (Å²) in [7, 11) is 3.00. The number of hydrogen-bond acceptors (Lipinski definition) is 4. The number of methoxy groups -OCH3 is 2. The Morgan fingerprint density at radius 1 is 0.962 bits per heavy atom. The third-order valence-corrected chi connectivity index (χ3v) is 3.79. The number of aryl methyl sites for hydroxylation is 1. The van der Waals surface area contributed by atoms with Gasteiger partial charge in [-0.15, -0.1) is 0 Å². The molecule has 7 heteroatoms. The van der Waals surface area contributed by atoms with Crippen LogP contribution in [0.1, 0.15) is 23.1 Å². The van der Waals surface area contributed by atoms with Gasteiger partial charge in [0.05, 0.1) is 19.8 Å². The van der Waals surface area contributed by atoms with Crippen LogP contribution in [0.4, 0.5) is 13.2 Å². The molecule has 0 unspecified atom stereocenters. The number of halogens is 3. The summed E-state index contributed by atoms with van der Waals surface area (Å²) in [5.74, 6) is 0.467. The Labute approximate surface area is 149 Å². The van der Waals surface area contributed by atoms with E-state index < -0.39 is 24.3 Å². The van der Waals surface area contributed by atoms with Crippen molar-refractivity contribution < 1.29 is 32.2 Å². The van der Waals surface area contributed by atoms with Crippen LogP contribution in [0.25, 0.3) is 0 Å². The lowest BCUT2D eigenvalue weighted by Crippen LogP contribution is -2.12. The normalized spacial score (nSPS) is 11.1. The van der Waals surface area contributed by atoms with Gasteiger partial charge in [0.15, 0.2) is 11.5 Å². The van der Waals surface area contributed by atoms with Gasteiger partial charge < -0.3 is 14.2 Å². The van der Waals surface area contributed by atoms with Crippen molar-refractivity contribution in [3.63, 3.8) is 0 Å². The Morgan fingerprint density at radius 2 is 1.65 bits per heavy atom. The maximum Gasteiger partial charge on any atom is 0.416 e. The van der Waals surface area contributed by atoms with Crippen LogP contribution in [0.3, 0.4) is 0 Å². The number of alkyl halides is 3. The summed E-state index contributed by atoms with van der Waals surface area (Å²) in [6.07, 6.45) is -4.16. The Kier molecular flexibility index (Phi) is 6.49. The molecule has 0 aliphatic rings. The van der Waals surface area contributed by atoms with Gasteiger partial charge in [-0.05, 0) is 24.1 Å². The monoisotopic (exact) mass is 368 g/mol. The summed E-state index contributed by atoms with van der Waals surface area (Å²) in [6.45, 7) is -0.427. The Bertz CT molecular complexity index is 757. The van der Waals surface area contributed by atoms with Gasteiger partial charge in [0.25, 0.3) is 0 Å². The van der Waals surface area contributed by atoms with Gasteiger partial charge in [0.2, 0.25) is 0 Å². The standard InChI is InChI=1S/C19H19F3O4/c1-24-16-9-5-7-13(18(16)25-2)10-11-17(23)26-12-14-6-3-4-8-15(14)19(20,21)22/h3-9H,10-12H2,1-2H3. The van der Waals surface area contributed by atoms with Crippen LogP contribution in [0, 0.1) is 0 Å². The van der Waals surface area contributed by atoms with Crippen molar-refractivity contribution in [3.8, 4) is 11.5 Å². The van der Waals surface area contributed by atoms with E-state index in [-0.39, 0.29) is 12.0 Å². The first-order chi connectivity index (χ1) is 12.4. The molecule has 2 aromatic rings. The molecule has 140 valence electrons. The van der Waals surface area contributed by atoms with Gasteiger partial charge >= 0.3 is 12.1 Å². The number of rotatable bonds is 7. The first-order valence-corrected chi connectivity index (χ1v) is 7.87. The van der Waals surface area contributed by atoms with Crippen molar-refractivity contribution in [2.75, 3.05) is 14.2 Å². The van der Waals surface area contributed by atoms with Crippen molar-refractivity contribution >= 4 is 5.97 Å². The summed E-state index contributed by atoms with van der Waals surface area (Å²) in [5.41, 5.74) is -0.130. The molecule has 0 amide bonds. The van der Waals surface area contributed by atoms with E-state index >= 15 is 0 Å². The van der Waals surface area contributed by atoms with Crippen LogP contribution in [-0.4, -0.2) is 20.2 Å². The minimum absolute atomic E-state index is 0.0116. The summed E-state index contributed by atoms with van der Waals surface area (Å²) in [5, 5.41) is 0. The first-order valence-electron chi connectivity index (χ1n) is 7.87. The lowest BCUT2D eigenvalue weighted by molar-refractivity contribution is -0.147. The largest absolute Gasteiger partial charge is 0.493 e. The molecule has 0 radical (unpaired) electrons. The number of esters is 1. The van der Waals surface area contributed by atoms with Crippen molar-refractivity contribution in [2.24, 2.45) is 0 Å². The molecule has 0 saturated carbocycles. The summed E-state index contributed by atoms with van der Waals surface area (Å²) >= 11 is 0. The van der Waals surface area contributed by atoms with Crippen molar-refractivity contribution in [3.05, 3.63) is 59.2 Å². The number of para-hydroxylation sites is 1. The molecule has 0 saturated heterocycles. The Balaban J connectivity index is 1.97. The maximum absolute atomic E-state index is 12.9. The second-order valence-corrected chi connectivity index (χ2v) is 5.47. The highest BCUT2D eigenvalue weighted by atomic mass is 19.4. The predicted octanol–water partition coefficient (Wildman–Crippen LogP) is 4.40. The highest BCUT2D eigenvalue weighted by Gasteiger charge is 2.33. The fourth-order valence-corrected chi connectivity index (χ4v) is 2.54. The van der Waals surface area contributed by atoms with E-state index in [4.69, 9.17) is 14.2 Å². The quantitative estimate of drug-likeness (QED) is 0.680. The van der Waals surface area contributed by atoms with E-state index in [2.05, 4.69) is 0 Å². The molecule has 0 N–H and O–H groups in total. The molecule has 0 heterocycles. The molecule has 0 atom stereocenters. The van der Waals surface area contributed by atoms with E-state index in [1.807, 2.05) is 0 Å². The highest BCUT2D eigenvalue weighted by Crippen LogP contribution is 2.33. The van der Waals surface area contributed by atoms with Crippen molar-refractivity contribution in [1.82, 2.24) is 0 Å². The van der Waals surface area contributed by atoms with Crippen molar-refractivity contribution in [1.29, 1.82) is 0 Å². The van der Waals surface area contributed by atoms with Crippen molar-refractivity contribution in [2.45, 2.75) is 25.6 Å². The fraction of sp³-hybridized carbons (Fsp3) is 0.316.